The van der Waals surface area contributed by atoms with Crippen molar-refractivity contribution in [2.75, 3.05) is 33.4 Å². The molecule has 10 heteroatoms. The standard InChI is InChI=1S/C29H25ClFN3O5/c1-34(8-9-35)29(36)18-2-4-21(23(31)13-18)26-14-24-28(39-26)27(22(30)16-33-24)17-3-5-25(19(12-17)15-32)38-20-6-10-37-11-7-20/h2-5,12-14,16,20,35H,6-11H2,1H3. The molecule has 1 N–H and O–H groups in total. The lowest BCUT2D eigenvalue weighted by Crippen LogP contribution is -2.29. The Morgan fingerprint density at radius 1 is 1.26 bits per heavy atom. The summed E-state index contributed by atoms with van der Waals surface area (Å²) < 4.78 is 32.6. The molecule has 200 valence electrons. The molecule has 3 heterocycles. The number of nitrogens with zero attached hydrogens (tertiary/aromatic N) is 3. The Balaban J connectivity index is 1.50. The Morgan fingerprint density at radius 3 is 2.77 bits per heavy atom. The average Bonchev–Trinajstić information content (AvgIpc) is 3.37. The predicted octanol–water partition coefficient (Wildman–Crippen LogP) is 5.45. The second-order valence-electron chi connectivity index (χ2n) is 9.20. The molecule has 8 nitrogen and oxygen atoms in total. The molecule has 0 bridgehead atoms. The van der Waals surface area contributed by atoms with Crippen molar-refractivity contribution in [1.82, 2.24) is 9.88 Å². The van der Waals surface area contributed by atoms with Crippen LogP contribution in [-0.4, -0.2) is 60.4 Å². The number of carbonyl (C=O) groups is 1. The monoisotopic (exact) mass is 549 g/mol. The average molecular weight is 550 g/mol. The molecule has 1 aliphatic heterocycles. The molecule has 0 saturated carbocycles. The number of benzene rings is 2. The van der Waals surface area contributed by atoms with Crippen LogP contribution in [-0.2, 0) is 4.74 Å². The second-order valence-corrected chi connectivity index (χ2v) is 9.61. The molecule has 0 aliphatic carbocycles. The van der Waals surface area contributed by atoms with E-state index in [0.29, 0.717) is 51.8 Å². The third kappa shape index (κ3) is 5.45. The summed E-state index contributed by atoms with van der Waals surface area (Å²) in [4.78, 5) is 18.1. The normalized spacial score (nSPS) is 13.8. The number of halogens is 2. The van der Waals surface area contributed by atoms with Crippen molar-refractivity contribution in [3.8, 4) is 34.3 Å². The zero-order valence-corrected chi connectivity index (χ0v) is 21.9. The van der Waals surface area contributed by atoms with E-state index in [-0.39, 0.29) is 36.1 Å². The first-order valence-electron chi connectivity index (χ1n) is 12.4. The smallest absolute Gasteiger partial charge is 0.253 e. The van der Waals surface area contributed by atoms with Gasteiger partial charge < -0.3 is 23.9 Å². The number of ether oxygens (including phenoxy) is 2. The summed E-state index contributed by atoms with van der Waals surface area (Å²) in [5, 5.41) is 19.2. The number of carbonyl (C=O) groups excluding carboxylic acids is 1. The van der Waals surface area contributed by atoms with E-state index in [1.165, 1.54) is 30.3 Å². The van der Waals surface area contributed by atoms with E-state index in [4.69, 9.17) is 30.6 Å². The number of fused-ring (bicyclic) bond motifs is 1. The summed E-state index contributed by atoms with van der Waals surface area (Å²) in [5.74, 6) is -0.365. The SMILES string of the molecule is CN(CCO)C(=O)c1ccc(-c2cc3ncc(Cl)c(-c4ccc(OC5CCOCC5)c(C#N)c4)c3o2)c(F)c1. The van der Waals surface area contributed by atoms with E-state index in [1.54, 1.807) is 24.3 Å². The van der Waals surface area contributed by atoms with Crippen LogP contribution in [0.3, 0.4) is 0 Å². The Labute approximate surface area is 229 Å². The zero-order valence-electron chi connectivity index (χ0n) is 21.1. The van der Waals surface area contributed by atoms with Gasteiger partial charge in [0.2, 0.25) is 0 Å². The van der Waals surface area contributed by atoms with E-state index in [1.807, 2.05) is 0 Å². The largest absolute Gasteiger partial charge is 0.489 e. The molecule has 0 unspecified atom stereocenters. The number of pyridine rings is 1. The van der Waals surface area contributed by atoms with Crippen molar-refractivity contribution in [3.05, 3.63) is 70.6 Å². The maximum Gasteiger partial charge on any atom is 0.253 e. The molecule has 4 aromatic rings. The first kappa shape index (κ1) is 26.6. The van der Waals surface area contributed by atoms with Crippen molar-refractivity contribution in [2.45, 2.75) is 18.9 Å². The fourth-order valence-electron chi connectivity index (χ4n) is 4.53. The highest BCUT2D eigenvalue weighted by molar-refractivity contribution is 6.34. The van der Waals surface area contributed by atoms with E-state index in [9.17, 15) is 10.1 Å². The molecule has 5 rings (SSSR count). The van der Waals surface area contributed by atoms with E-state index in [0.717, 1.165) is 18.9 Å². The van der Waals surface area contributed by atoms with Gasteiger partial charge in [0.1, 0.15) is 35.0 Å². The van der Waals surface area contributed by atoms with Gasteiger partial charge in [0.15, 0.2) is 5.58 Å². The van der Waals surface area contributed by atoms with Gasteiger partial charge in [-0.1, -0.05) is 17.7 Å². The minimum atomic E-state index is -0.647. The van der Waals surface area contributed by atoms with E-state index < -0.39 is 11.7 Å². The number of likely N-dealkylation sites (N-methyl/N-ethyl adjacent to an activating group) is 1. The fraction of sp³-hybridized carbons (Fsp3) is 0.276. The maximum absolute atomic E-state index is 15.1. The molecule has 2 aromatic carbocycles. The number of aromatic nitrogens is 1. The molecule has 0 atom stereocenters. The highest BCUT2D eigenvalue weighted by Crippen LogP contribution is 2.40. The molecular formula is C29H25ClFN3O5. The van der Waals surface area contributed by atoms with E-state index in [2.05, 4.69) is 11.1 Å². The van der Waals surface area contributed by atoms with Gasteiger partial charge >= 0.3 is 0 Å². The van der Waals surface area contributed by atoms with Crippen LogP contribution < -0.4 is 4.74 Å². The quantitative estimate of drug-likeness (QED) is 0.326. The lowest BCUT2D eigenvalue weighted by Gasteiger charge is -2.24. The number of aliphatic hydroxyl groups excluding tert-OH is 1. The van der Waals surface area contributed by atoms with Gasteiger partial charge in [-0.05, 0) is 35.9 Å². The van der Waals surface area contributed by atoms with Crippen molar-refractivity contribution in [3.63, 3.8) is 0 Å². The minimum absolute atomic E-state index is 0.0211. The Hall–Kier alpha value is -3.97. The van der Waals surface area contributed by atoms with Crippen LogP contribution >= 0.6 is 11.6 Å². The van der Waals surface area contributed by atoms with E-state index >= 15 is 4.39 Å². The molecule has 1 amide bonds. The first-order valence-corrected chi connectivity index (χ1v) is 12.8. The van der Waals surface area contributed by atoms with Gasteiger partial charge in [-0.15, -0.1) is 0 Å². The summed E-state index contributed by atoms with van der Waals surface area (Å²) >= 11 is 6.54. The summed E-state index contributed by atoms with van der Waals surface area (Å²) in [5.41, 5.74) is 2.57. The van der Waals surface area contributed by atoms with Crippen molar-refractivity contribution in [2.24, 2.45) is 0 Å². The highest BCUT2D eigenvalue weighted by Gasteiger charge is 2.22. The summed E-state index contributed by atoms with van der Waals surface area (Å²) in [6.07, 6.45) is 2.96. The van der Waals surface area contributed by atoms with Gasteiger partial charge in [0.25, 0.3) is 5.91 Å². The van der Waals surface area contributed by atoms with Crippen molar-refractivity contribution >= 4 is 28.6 Å². The van der Waals surface area contributed by atoms with Crippen LogP contribution in [0.1, 0.15) is 28.8 Å². The number of hydrogen-bond acceptors (Lipinski definition) is 7. The number of hydrogen-bond donors (Lipinski definition) is 1. The summed E-state index contributed by atoms with van der Waals surface area (Å²) in [6.45, 7) is 1.19. The maximum atomic E-state index is 15.1. The number of rotatable bonds is 7. The van der Waals surface area contributed by atoms with Crippen LogP contribution in [0.4, 0.5) is 4.39 Å². The van der Waals surface area contributed by atoms with Crippen LogP contribution in [0.25, 0.3) is 33.6 Å². The lowest BCUT2D eigenvalue weighted by atomic mass is 10.0. The van der Waals surface area contributed by atoms with Crippen molar-refractivity contribution < 1.29 is 28.2 Å². The topological polar surface area (TPSA) is 109 Å². The van der Waals surface area contributed by atoms with Crippen LogP contribution in [0.15, 0.2) is 53.1 Å². The van der Waals surface area contributed by atoms with Gasteiger partial charge in [-0.2, -0.15) is 5.26 Å². The molecule has 1 saturated heterocycles. The number of furan rings is 1. The Kier molecular flexibility index (Phi) is 7.79. The Bertz CT molecular complexity index is 1580. The van der Waals surface area contributed by atoms with Crippen LogP contribution in [0, 0.1) is 17.1 Å². The molecule has 0 spiro atoms. The first-order chi connectivity index (χ1) is 18.9. The molecule has 1 aliphatic rings. The molecule has 1 fully saturated rings. The predicted molar refractivity (Wildman–Crippen MR) is 143 cm³/mol. The van der Waals surface area contributed by atoms with Crippen LogP contribution in [0.5, 0.6) is 5.75 Å². The van der Waals surface area contributed by atoms with Gasteiger partial charge in [-0.25, -0.2) is 4.39 Å². The molecule has 2 aromatic heterocycles. The number of aliphatic hydroxyl groups is 1. The zero-order chi connectivity index (χ0) is 27.5. The van der Waals surface area contributed by atoms with Gasteiger partial charge in [-0.3, -0.25) is 9.78 Å². The third-order valence-corrected chi connectivity index (χ3v) is 6.90. The number of amides is 1. The summed E-state index contributed by atoms with van der Waals surface area (Å²) in [6, 6.07) is 13.1. The van der Waals surface area contributed by atoms with Crippen LogP contribution in [0.2, 0.25) is 5.02 Å². The van der Waals surface area contributed by atoms with Gasteiger partial charge in [0.05, 0.1) is 36.0 Å². The second kappa shape index (κ2) is 11.4. The fourth-order valence-corrected chi connectivity index (χ4v) is 4.77. The molecule has 0 radical (unpaired) electrons. The third-order valence-electron chi connectivity index (χ3n) is 6.61. The minimum Gasteiger partial charge on any atom is -0.489 e. The number of nitriles is 1. The lowest BCUT2D eigenvalue weighted by molar-refractivity contribution is 0.0254. The highest BCUT2D eigenvalue weighted by atomic mass is 35.5. The molecular weight excluding hydrogens is 525 g/mol. The molecule has 39 heavy (non-hydrogen) atoms. The summed E-state index contributed by atoms with van der Waals surface area (Å²) in [7, 11) is 1.53. The van der Waals surface area contributed by atoms with Crippen molar-refractivity contribution in [1.29, 1.82) is 5.26 Å². The van der Waals surface area contributed by atoms with Gasteiger partial charge in [0, 0.05) is 49.8 Å². The Morgan fingerprint density at radius 2 is 2.05 bits per heavy atom.